The Morgan fingerprint density at radius 2 is 2.05 bits per heavy atom. The van der Waals surface area contributed by atoms with Crippen molar-refractivity contribution in [1.82, 2.24) is 4.57 Å². The number of rotatable bonds is 0. The van der Waals surface area contributed by atoms with Gasteiger partial charge in [0.1, 0.15) is 11.4 Å². The standard InChI is InChI=1S/C14H15BrFNO2/c1-8-11(15)10(16)7-9-5-6-17(12(8)9)13(18)19-14(2,3)4/h5-7H,1-4H3. The first kappa shape index (κ1) is 14.1. The van der Waals surface area contributed by atoms with Gasteiger partial charge in [-0.15, -0.1) is 0 Å². The number of fused-ring (bicyclic) bond motifs is 1. The van der Waals surface area contributed by atoms with Crippen LogP contribution >= 0.6 is 15.9 Å². The number of benzene rings is 1. The van der Waals surface area contributed by atoms with Crippen LogP contribution in [0.15, 0.2) is 22.8 Å². The Labute approximate surface area is 119 Å². The quantitative estimate of drug-likeness (QED) is 0.706. The van der Waals surface area contributed by atoms with E-state index in [1.165, 1.54) is 10.6 Å². The second-order valence-corrected chi connectivity index (χ2v) is 6.19. The molecule has 2 rings (SSSR count). The Balaban J connectivity index is 2.57. The van der Waals surface area contributed by atoms with E-state index in [1.807, 2.05) is 0 Å². The normalized spacial score (nSPS) is 11.9. The summed E-state index contributed by atoms with van der Waals surface area (Å²) in [5, 5.41) is 0.670. The van der Waals surface area contributed by atoms with Crippen LogP contribution in [0.1, 0.15) is 26.3 Å². The van der Waals surface area contributed by atoms with Crippen LogP contribution in [0.4, 0.5) is 9.18 Å². The zero-order chi connectivity index (χ0) is 14.4. The van der Waals surface area contributed by atoms with E-state index >= 15 is 0 Å². The van der Waals surface area contributed by atoms with Crippen molar-refractivity contribution < 1.29 is 13.9 Å². The lowest BCUT2D eigenvalue weighted by atomic mass is 10.1. The highest BCUT2D eigenvalue weighted by Gasteiger charge is 2.21. The minimum atomic E-state index is -0.571. The molecule has 0 saturated carbocycles. The first-order valence-electron chi connectivity index (χ1n) is 5.90. The Morgan fingerprint density at radius 1 is 1.42 bits per heavy atom. The van der Waals surface area contributed by atoms with Gasteiger partial charge in [0.25, 0.3) is 0 Å². The number of aromatic nitrogens is 1. The van der Waals surface area contributed by atoms with Gasteiger partial charge in [-0.2, -0.15) is 0 Å². The maximum absolute atomic E-state index is 13.6. The van der Waals surface area contributed by atoms with Crippen molar-refractivity contribution in [3.05, 3.63) is 34.2 Å². The van der Waals surface area contributed by atoms with E-state index in [-0.39, 0.29) is 5.82 Å². The van der Waals surface area contributed by atoms with Crippen molar-refractivity contribution in [3.63, 3.8) is 0 Å². The van der Waals surface area contributed by atoms with E-state index in [4.69, 9.17) is 4.74 Å². The predicted octanol–water partition coefficient (Wildman–Crippen LogP) is 4.63. The van der Waals surface area contributed by atoms with Crippen LogP contribution in [-0.4, -0.2) is 16.3 Å². The third-order valence-corrected chi connectivity index (χ3v) is 3.66. The van der Waals surface area contributed by atoms with E-state index in [0.29, 0.717) is 20.9 Å². The minimum absolute atomic E-state index is 0.341. The molecule has 0 aliphatic heterocycles. The number of nitrogens with zero attached hydrogens (tertiary/aromatic N) is 1. The Hall–Kier alpha value is -1.36. The second-order valence-electron chi connectivity index (χ2n) is 5.40. The van der Waals surface area contributed by atoms with Gasteiger partial charge in [-0.05, 0) is 61.3 Å². The highest BCUT2D eigenvalue weighted by atomic mass is 79.9. The van der Waals surface area contributed by atoms with E-state index in [9.17, 15) is 9.18 Å². The van der Waals surface area contributed by atoms with Gasteiger partial charge in [-0.25, -0.2) is 9.18 Å². The molecular formula is C14H15BrFNO2. The molecule has 5 heteroatoms. The van der Waals surface area contributed by atoms with Crippen molar-refractivity contribution in [2.24, 2.45) is 0 Å². The predicted molar refractivity (Wildman–Crippen MR) is 76.0 cm³/mol. The number of carbonyl (C=O) groups is 1. The van der Waals surface area contributed by atoms with Crippen molar-refractivity contribution in [2.45, 2.75) is 33.3 Å². The van der Waals surface area contributed by atoms with Crippen LogP contribution in [0, 0.1) is 12.7 Å². The summed E-state index contributed by atoms with van der Waals surface area (Å²) in [4.78, 5) is 12.1. The summed E-state index contributed by atoms with van der Waals surface area (Å²) in [5.74, 6) is -0.341. The SMILES string of the molecule is Cc1c(Br)c(F)cc2ccn(C(=O)OC(C)(C)C)c12. The van der Waals surface area contributed by atoms with E-state index in [1.54, 1.807) is 40.0 Å². The fourth-order valence-electron chi connectivity index (χ4n) is 1.91. The van der Waals surface area contributed by atoms with Crippen molar-refractivity contribution in [1.29, 1.82) is 0 Å². The molecule has 19 heavy (non-hydrogen) atoms. The molecule has 0 aliphatic rings. The number of hydrogen-bond donors (Lipinski definition) is 0. The van der Waals surface area contributed by atoms with Crippen molar-refractivity contribution in [2.75, 3.05) is 0 Å². The summed E-state index contributed by atoms with van der Waals surface area (Å²) in [6.45, 7) is 7.17. The van der Waals surface area contributed by atoms with Gasteiger partial charge in [0.05, 0.1) is 9.99 Å². The molecular weight excluding hydrogens is 313 g/mol. The number of carbonyl (C=O) groups excluding carboxylic acids is 1. The van der Waals surface area contributed by atoms with E-state index < -0.39 is 11.7 Å². The highest BCUT2D eigenvalue weighted by molar-refractivity contribution is 9.10. The Kier molecular flexibility index (Phi) is 3.43. The molecule has 0 spiro atoms. The summed E-state index contributed by atoms with van der Waals surface area (Å²) in [6.07, 6.45) is 1.13. The van der Waals surface area contributed by atoms with Crippen LogP contribution in [0.3, 0.4) is 0 Å². The minimum Gasteiger partial charge on any atom is -0.443 e. The molecule has 2 aromatic rings. The second kappa shape index (κ2) is 4.63. The summed E-state index contributed by atoms with van der Waals surface area (Å²) in [7, 11) is 0. The smallest absolute Gasteiger partial charge is 0.419 e. The lowest BCUT2D eigenvalue weighted by Crippen LogP contribution is -2.26. The lowest BCUT2D eigenvalue weighted by molar-refractivity contribution is 0.0544. The molecule has 0 unspecified atom stereocenters. The van der Waals surface area contributed by atoms with Crippen LogP contribution < -0.4 is 0 Å². The average molecular weight is 328 g/mol. The van der Waals surface area contributed by atoms with Crippen LogP contribution in [-0.2, 0) is 4.74 Å². The summed E-state index contributed by atoms with van der Waals surface area (Å²) < 4.78 is 20.7. The zero-order valence-electron chi connectivity index (χ0n) is 11.3. The number of halogens is 2. The van der Waals surface area contributed by atoms with Crippen LogP contribution in [0.25, 0.3) is 10.9 Å². The Morgan fingerprint density at radius 3 is 2.63 bits per heavy atom. The monoisotopic (exact) mass is 327 g/mol. The van der Waals surface area contributed by atoms with Gasteiger partial charge >= 0.3 is 6.09 Å². The molecule has 3 nitrogen and oxygen atoms in total. The molecule has 0 bridgehead atoms. The third kappa shape index (κ3) is 2.66. The molecule has 0 atom stereocenters. The van der Waals surface area contributed by atoms with Gasteiger partial charge in [-0.3, -0.25) is 4.57 Å². The molecule has 0 fully saturated rings. The largest absolute Gasteiger partial charge is 0.443 e. The summed E-state index contributed by atoms with van der Waals surface area (Å²) in [6, 6.07) is 3.09. The van der Waals surface area contributed by atoms with E-state index in [2.05, 4.69) is 15.9 Å². The maximum Gasteiger partial charge on any atom is 0.419 e. The fourth-order valence-corrected chi connectivity index (χ4v) is 2.21. The lowest BCUT2D eigenvalue weighted by Gasteiger charge is -2.20. The molecule has 0 radical (unpaired) electrons. The summed E-state index contributed by atoms with van der Waals surface area (Å²) in [5.41, 5.74) is 0.757. The maximum atomic E-state index is 13.6. The van der Waals surface area contributed by atoms with Gasteiger partial charge < -0.3 is 4.74 Å². The van der Waals surface area contributed by atoms with Crippen molar-refractivity contribution in [3.8, 4) is 0 Å². The third-order valence-electron chi connectivity index (χ3n) is 2.68. The van der Waals surface area contributed by atoms with E-state index in [0.717, 1.165) is 0 Å². The molecule has 0 N–H and O–H groups in total. The topological polar surface area (TPSA) is 31.2 Å². The van der Waals surface area contributed by atoms with Gasteiger partial charge in [0.15, 0.2) is 0 Å². The van der Waals surface area contributed by atoms with Crippen molar-refractivity contribution >= 4 is 32.9 Å². The molecule has 1 aromatic heterocycles. The first-order valence-corrected chi connectivity index (χ1v) is 6.69. The zero-order valence-corrected chi connectivity index (χ0v) is 12.8. The molecule has 0 saturated heterocycles. The summed E-state index contributed by atoms with van der Waals surface area (Å²) >= 11 is 3.19. The Bertz CT molecular complexity index is 655. The average Bonchev–Trinajstić information content (AvgIpc) is 2.67. The van der Waals surface area contributed by atoms with Gasteiger partial charge in [-0.1, -0.05) is 0 Å². The van der Waals surface area contributed by atoms with Crippen LogP contribution in [0.5, 0.6) is 0 Å². The van der Waals surface area contributed by atoms with Gasteiger partial charge in [0.2, 0.25) is 0 Å². The fraction of sp³-hybridized carbons (Fsp3) is 0.357. The van der Waals surface area contributed by atoms with Crippen LogP contribution in [0.2, 0.25) is 0 Å². The number of aryl methyl sites for hydroxylation is 1. The number of hydrogen-bond acceptors (Lipinski definition) is 2. The highest BCUT2D eigenvalue weighted by Crippen LogP contribution is 2.30. The molecule has 0 amide bonds. The number of ether oxygens (including phenoxy) is 1. The van der Waals surface area contributed by atoms with Gasteiger partial charge in [0, 0.05) is 11.6 Å². The molecule has 1 heterocycles. The molecule has 102 valence electrons. The first-order chi connectivity index (χ1) is 8.70. The molecule has 0 aliphatic carbocycles. The molecule has 1 aromatic carbocycles.